The maximum Gasteiger partial charge on any atom is 0.269 e. The molecule has 0 fully saturated rings. The molecule has 1 amide bonds. The van der Waals surface area contributed by atoms with Crippen LogP contribution in [0, 0.1) is 5.82 Å². The number of rotatable bonds is 5. The zero-order chi connectivity index (χ0) is 19.5. The van der Waals surface area contributed by atoms with Gasteiger partial charge in [-0.3, -0.25) is 4.79 Å². The first-order valence-corrected chi connectivity index (χ1v) is 9.02. The van der Waals surface area contributed by atoms with Crippen molar-refractivity contribution in [1.29, 1.82) is 0 Å². The SMILES string of the molecule is O=C(Nc1ccnn1Cc1ccccc1Cl)C1CC(c2cccc(F)c2)=NO1. The Hall–Kier alpha value is -3.19. The van der Waals surface area contributed by atoms with Crippen molar-refractivity contribution in [2.75, 3.05) is 5.32 Å². The molecule has 1 aromatic heterocycles. The number of anilines is 1. The summed E-state index contributed by atoms with van der Waals surface area (Å²) in [5.41, 5.74) is 2.01. The highest BCUT2D eigenvalue weighted by atomic mass is 35.5. The maximum absolute atomic E-state index is 13.4. The Morgan fingerprint density at radius 3 is 2.93 bits per heavy atom. The van der Waals surface area contributed by atoms with E-state index >= 15 is 0 Å². The summed E-state index contributed by atoms with van der Waals surface area (Å²) in [5, 5.41) is 11.6. The predicted octanol–water partition coefficient (Wildman–Crippen LogP) is 3.86. The number of carbonyl (C=O) groups excluding carboxylic acids is 1. The molecule has 0 saturated heterocycles. The molecule has 2 aromatic carbocycles. The average molecular weight is 399 g/mol. The van der Waals surface area contributed by atoms with Gasteiger partial charge in [0.25, 0.3) is 5.91 Å². The number of nitrogens with zero attached hydrogens (tertiary/aromatic N) is 3. The highest BCUT2D eigenvalue weighted by molar-refractivity contribution is 6.31. The highest BCUT2D eigenvalue weighted by Crippen LogP contribution is 2.21. The minimum Gasteiger partial charge on any atom is -0.382 e. The number of oxime groups is 1. The number of amides is 1. The van der Waals surface area contributed by atoms with Crippen molar-refractivity contribution >= 4 is 29.0 Å². The summed E-state index contributed by atoms with van der Waals surface area (Å²) >= 11 is 6.20. The van der Waals surface area contributed by atoms with Crippen LogP contribution in [-0.2, 0) is 16.2 Å². The Kier molecular flexibility index (Phi) is 5.08. The van der Waals surface area contributed by atoms with Crippen molar-refractivity contribution < 1.29 is 14.0 Å². The molecule has 0 bridgehead atoms. The summed E-state index contributed by atoms with van der Waals surface area (Å²) in [6.45, 7) is 0.416. The van der Waals surface area contributed by atoms with Crippen LogP contribution in [0.1, 0.15) is 17.5 Å². The molecule has 1 unspecified atom stereocenters. The molecule has 0 saturated carbocycles. The van der Waals surface area contributed by atoms with E-state index in [0.29, 0.717) is 28.7 Å². The molecule has 0 aliphatic carbocycles. The van der Waals surface area contributed by atoms with Crippen molar-refractivity contribution in [2.24, 2.45) is 5.16 Å². The Balaban J connectivity index is 1.42. The van der Waals surface area contributed by atoms with E-state index in [0.717, 1.165) is 5.56 Å². The van der Waals surface area contributed by atoms with Crippen molar-refractivity contribution in [3.05, 3.63) is 82.8 Å². The number of carbonyl (C=O) groups is 1. The lowest BCUT2D eigenvalue weighted by Gasteiger charge is -2.12. The molecule has 6 nitrogen and oxygen atoms in total. The smallest absolute Gasteiger partial charge is 0.269 e. The first-order valence-electron chi connectivity index (χ1n) is 8.65. The fraction of sp³-hybridized carbons (Fsp3) is 0.150. The van der Waals surface area contributed by atoms with Gasteiger partial charge in [-0.25, -0.2) is 9.07 Å². The molecule has 2 heterocycles. The van der Waals surface area contributed by atoms with Crippen LogP contribution < -0.4 is 5.32 Å². The summed E-state index contributed by atoms with van der Waals surface area (Å²) in [6, 6.07) is 15.2. The lowest BCUT2D eigenvalue weighted by atomic mass is 10.0. The molecule has 28 heavy (non-hydrogen) atoms. The number of halogens is 2. The molecule has 1 aliphatic rings. The summed E-state index contributed by atoms with van der Waals surface area (Å²) in [7, 11) is 0. The van der Waals surface area contributed by atoms with Crippen molar-refractivity contribution in [2.45, 2.75) is 19.1 Å². The second-order valence-electron chi connectivity index (χ2n) is 6.30. The topological polar surface area (TPSA) is 68.5 Å². The van der Waals surface area contributed by atoms with Gasteiger partial charge in [0.2, 0.25) is 6.10 Å². The van der Waals surface area contributed by atoms with Gasteiger partial charge in [0.1, 0.15) is 11.6 Å². The fourth-order valence-corrected chi connectivity index (χ4v) is 3.11. The Bertz CT molecular complexity index is 1050. The zero-order valence-corrected chi connectivity index (χ0v) is 15.4. The first-order chi connectivity index (χ1) is 13.6. The van der Waals surface area contributed by atoms with Gasteiger partial charge in [-0.05, 0) is 23.8 Å². The summed E-state index contributed by atoms with van der Waals surface area (Å²) in [5.74, 6) is -0.194. The van der Waals surface area contributed by atoms with Gasteiger partial charge in [0.15, 0.2) is 0 Å². The standard InChI is InChI=1S/C20H16ClFN4O2/c21-16-7-2-1-4-14(16)12-26-19(8-9-23-26)24-20(27)18-11-17(25-28-18)13-5-3-6-15(22)10-13/h1-10,18H,11-12H2,(H,24,27). The van der Waals surface area contributed by atoms with E-state index in [1.54, 1.807) is 35.1 Å². The molecular formula is C20H16ClFN4O2. The summed E-state index contributed by atoms with van der Waals surface area (Å²) < 4.78 is 15.0. The normalized spacial score (nSPS) is 15.8. The van der Waals surface area contributed by atoms with E-state index in [1.807, 2.05) is 18.2 Å². The third kappa shape index (κ3) is 3.89. The van der Waals surface area contributed by atoms with Gasteiger partial charge in [0, 0.05) is 23.1 Å². The molecule has 4 rings (SSSR count). The van der Waals surface area contributed by atoms with Crippen LogP contribution in [0.3, 0.4) is 0 Å². The van der Waals surface area contributed by atoms with Gasteiger partial charge in [-0.2, -0.15) is 5.10 Å². The third-order valence-electron chi connectivity index (χ3n) is 4.36. The quantitative estimate of drug-likeness (QED) is 0.709. The van der Waals surface area contributed by atoms with Crippen molar-refractivity contribution in [1.82, 2.24) is 9.78 Å². The van der Waals surface area contributed by atoms with E-state index in [1.165, 1.54) is 12.1 Å². The molecule has 1 N–H and O–H groups in total. The van der Waals surface area contributed by atoms with Crippen LogP contribution in [0.2, 0.25) is 5.02 Å². The third-order valence-corrected chi connectivity index (χ3v) is 4.73. The molecule has 142 valence electrons. The van der Waals surface area contributed by atoms with Crippen LogP contribution in [0.15, 0.2) is 65.9 Å². The first kappa shape index (κ1) is 18.2. The van der Waals surface area contributed by atoms with Crippen LogP contribution in [-0.4, -0.2) is 27.5 Å². The lowest BCUT2D eigenvalue weighted by molar-refractivity contribution is -0.125. The number of benzene rings is 2. The molecule has 0 spiro atoms. The van der Waals surface area contributed by atoms with Crippen LogP contribution in [0.25, 0.3) is 0 Å². The Labute approximate surface area is 165 Å². The molecule has 1 atom stereocenters. The predicted molar refractivity (Wildman–Crippen MR) is 104 cm³/mol. The van der Waals surface area contributed by atoms with E-state index in [9.17, 15) is 9.18 Å². The van der Waals surface area contributed by atoms with E-state index in [4.69, 9.17) is 16.4 Å². The average Bonchev–Trinajstić information content (AvgIpc) is 3.34. The molecule has 0 radical (unpaired) electrons. The number of nitrogens with one attached hydrogen (secondary N) is 1. The van der Waals surface area contributed by atoms with Gasteiger partial charge in [-0.1, -0.05) is 47.1 Å². The largest absolute Gasteiger partial charge is 0.382 e. The fourth-order valence-electron chi connectivity index (χ4n) is 2.92. The minimum atomic E-state index is -0.790. The van der Waals surface area contributed by atoms with Gasteiger partial charge in [0.05, 0.1) is 18.5 Å². The van der Waals surface area contributed by atoms with Crippen LogP contribution >= 0.6 is 11.6 Å². The maximum atomic E-state index is 13.4. The lowest BCUT2D eigenvalue weighted by Crippen LogP contribution is -2.29. The molecule has 1 aliphatic heterocycles. The van der Waals surface area contributed by atoms with Crippen LogP contribution in [0.4, 0.5) is 10.2 Å². The van der Waals surface area contributed by atoms with E-state index in [-0.39, 0.29) is 18.1 Å². The second kappa shape index (κ2) is 7.82. The zero-order valence-electron chi connectivity index (χ0n) is 14.7. The minimum absolute atomic E-state index is 0.258. The molecule has 8 heteroatoms. The monoisotopic (exact) mass is 398 g/mol. The van der Waals surface area contributed by atoms with Crippen molar-refractivity contribution in [3.8, 4) is 0 Å². The Morgan fingerprint density at radius 1 is 1.25 bits per heavy atom. The van der Waals surface area contributed by atoms with Gasteiger partial charge in [-0.15, -0.1) is 0 Å². The molecular weight excluding hydrogens is 383 g/mol. The van der Waals surface area contributed by atoms with Crippen molar-refractivity contribution in [3.63, 3.8) is 0 Å². The number of hydrogen-bond donors (Lipinski definition) is 1. The van der Waals surface area contributed by atoms with E-state index < -0.39 is 6.10 Å². The summed E-state index contributed by atoms with van der Waals surface area (Å²) in [4.78, 5) is 17.8. The number of hydrogen-bond acceptors (Lipinski definition) is 4. The Morgan fingerprint density at radius 2 is 2.11 bits per heavy atom. The molecule has 3 aromatic rings. The van der Waals surface area contributed by atoms with Crippen LogP contribution in [0.5, 0.6) is 0 Å². The van der Waals surface area contributed by atoms with Gasteiger partial charge < -0.3 is 10.2 Å². The number of aromatic nitrogens is 2. The highest BCUT2D eigenvalue weighted by Gasteiger charge is 2.29. The van der Waals surface area contributed by atoms with E-state index in [2.05, 4.69) is 15.6 Å². The second-order valence-corrected chi connectivity index (χ2v) is 6.71. The summed E-state index contributed by atoms with van der Waals surface area (Å²) in [6.07, 6.45) is 1.06. The van der Waals surface area contributed by atoms with Gasteiger partial charge >= 0.3 is 0 Å².